The second kappa shape index (κ2) is 6.62. The summed E-state index contributed by atoms with van der Waals surface area (Å²) >= 11 is 0. The molecular weight excluding hydrogens is 270 g/mol. The molecule has 7 heteroatoms. The van der Waals surface area contributed by atoms with Crippen molar-refractivity contribution < 1.29 is 23.0 Å². The van der Waals surface area contributed by atoms with Crippen LogP contribution in [0.25, 0.3) is 0 Å². The quantitative estimate of drug-likeness (QED) is 0.900. The molecule has 2 rings (SSSR count). The Morgan fingerprint density at radius 2 is 2.25 bits per heavy atom. The van der Waals surface area contributed by atoms with Crippen LogP contribution in [0, 0.1) is 0 Å². The number of benzene rings is 1. The van der Waals surface area contributed by atoms with Crippen LogP contribution >= 0.6 is 0 Å². The fraction of sp³-hybridized carbons (Fsp3) is 0.462. The highest BCUT2D eigenvalue weighted by Gasteiger charge is 2.29. The number of amides is 1. The van der Waals surface area contributed by atoms with Gasteiger partial charge in [0.15, 0.2) is 0 Å². The normalized spacial score (nSPS) is 19.2. The fourth-order valence-electron chi connectivity index (χ4n) is 2.11. The first-order valence-electron chi connectivity index (χ1n) is 6.26. The molecule has 0 aliphatic carbocycles. The zero-order chi connectivity index (χ0) is 14.5. The van der Waals surface area contributed by atoms with Gasteiger partial charge in [0.2, 0.25) is 0 Å². The minimum absolute atomic E-state index is 0.105. The number of para-hydroxylation sites is 1. The highest BCUT2D eigenvalue weighted by atomic mass is 19.3. The molecule has 0 saturated carbocycles. The lowest BCUT2D eigenvalue weighted by Gasteiger charge is -2.35. The van der Waals surface area contributed by atoms with Gasteiger partial charge in [-0.3, -0.25) is 4.79 Å². The summed E-state index contributed by atoms with van der Waals surface area (Å²) in [4.78, 5) is 14.0. The second-order valence-electron chi connectivity index (χ2n) is 4.34. The number of nitrogens with zero attached hydrogens (tertiary/aromatic N) is 1. The molecule has 1 saturated heterocycles. The summed E-state index contributed by atoms with van der Waals surface area (Å²) in [5.41, 5.74) is 5.71. The van der Waals surface area contributed by atoms with Crippen LogP contribution in [-0.2, 0) is 4.74 Å². The van der Waals surface area contributed by atoms with E-state index in [0.717, 1.165) is 0 Å². The molecule has 110 valence electrons. The number of morpholine rings is 1. The average Bonchev–Trinajstić information content (AvgIpc) is 2.46. The van der Waals surface area contributed by atoms with Crippen LogP contribution < -0.4 is 10.5 Å². The average molecular weight is 286 g/mol. The van der Waals surface area contributed by atoms with Gasteiger partial charge in [0.05, 0.1) is 24.8 Å². The molecule has 0 spiro atoms. The van der Waals surface area contributed by atoms with Crippen LogP contribution in [0.3, 0.4) is 0 Å². The van der Waals surface area contributed by atoms with Gasteiger partial charge in [0, 0.05) is 13.1 Å². The Kier molecular flexibility index (Phi) is 4.86. The maximum absolute atomic E-state index is 12.5. The van der Waals surface area contributed by atoms with E-state index in [2.05, 4.69) is 4.74 Å². The molecule has 1 aromatic rings. The largest absolute Gasteiger partial charge is 0.434 e. The van der Waals surface area contributed by atoms with Crippen LogP contribution in [-0.4, -0.2) is 49.8 Å². The maximum Gasteiger partial charge on any atom is 0.387 e. The highest BCUT2D eigenvalue weighted by molar-refractivity contribution is 5.97. The highest BCUT2D eigenvalue weighted by Crippen LogP contribution is 2.23. The molecule has 1 atom stereocenters. The SMILES string of the molecule is NCC1COCCN1C(=O)c1ccccc1OC(F)F. The van der Waals surface area contributed by atoms with Crippen LogP contribution in [0.5, 0.6) is 5.75 Å². The van der Waals surface area contributed by atoms with Gasteiger partial charge in [-0.2, -0.15) is 8.78 Å². The number of hydrogen-bond donors (Lipinski definition) is 1. The van der Waals surface area contributed by atoms with Gasteiger partial charge >= 0.3 is 6.61 Å². The first kappa shape index (κ1) is 14.7. The summed E-state index contributed by atoms with van der Waals surface area (Å²) in [6.45, 7) is -1.59. The molecule has 1 aromatic carbocycles. The van der Waals surface area contributed by atoms with Gasteiger partial charge in [-0.25, -0.2) is 0 Å². The summed E-state index contributed by atoms with van der Waals surface area (Å²) in [7, 11) is 0. The van der Waals surface area contributed by atoms with E-state index in [4.69, 9.17) is 10.5 Å². The van der Waals surface area contributed by atoms with Crippen molar-refractivity contribution in [1.82, 2.24) is 4.90 Å². The Balaban J connectivity index is 2.23. The molecule has 0 bridgehead atoms. The minimum atomic E-state index is -2.97. The first-order valence-corrected chi connectivity index (χ1v) is 6.26. The van der Waals surface area contributed by atoms with E-state index in [1.54, 1.807) is 6.07 Å². The van der Waals surface area contributed by atoms with Crippen molar-refractivity contribution in [3.05, 3.63) is 29.8 Å². The molecule has 2 N–H and O–H groups in total. The summed E-state index contributed by atoms with van der Waals surface area (Å²) in [5, 5.41) is 0. The lowest BCUT2D eigenvalue weighted by Crippen LogP contribution is -2.52. The van der Waals surface area contributed by atoms with Crippen LogP contribution in [0.1, 0.15) is 10.4 Å². The Hall–Kier alpha value is -1.73. The van der Waals surface area contributed by atoms with Crippen molar-refractivity contribution in [2.24, 2.45) is 5.73 Å². The number of halogens is 2. The number of rotatable bonds is 4. The number of nitrogens with two attached hydrogens (primary N) is 1. The summed E-state index contributed by atoms with van der Waals surface area (Å²) in [5.74, 6) is -0.505. The monoisotopic (exact) mass is 286 g/mol. The van der Waals surface area contributed by atoms with E-state index in [9.17, 15) is 13.6 Å². The Morgan fingerprint density at radius 1 is 1.50 bits per heavy atom. The number of hydrogen-bond acceptors (Lipinski definition) is 4. The summed E-state index contributed by atoms with van der Waals surface area (Å²) in [6, 6.07) is 5.69. The third-order valence-electron chi connectivity index (χ3n) is 3.09. The van der Waals surface area contributed by atoms with E-state index >= 15 is 0 Å². The van der Waals surface area contributed by atoms with E-state index in [1.165, 1.54) is 23.1 Å². The molecule has 0 radical (unpaired) electrons. The number of ether oxygens (including phenoxy) is 2. The second-order valence-corrected chi connectivity index (χ2v) is 4.34. The molecule has 20 heavy (non-hydrogen) atoms. The molecule has 1 aliphatic heterocycles. The smallest absolute Gasteiger partial charge is 0.387 e. The summed E-state index contributed by atoms with van der Waals surface area (Å²) in [6.07, 6.45) is 0. The zero-order valence-electron chi connectivity index (χ0n) is 10.8. The Labute approximate surface area is 115 Å². The molecule has 0 aromatic heterocycles. The van der Waals surface area contributed by atoms with Gasteiger partial charge in [-0.1, -0.05) is 12.1 Å². The van der Waals surface area contributed by atoms with Crippen molar-refractivity contribution in [3.8, 4) is 5.75 Å². The maximum atomic E-state index is 12.5. The molecule has 1 fully saturated rings. The van der Waals surface area contributed by atoms with E-state index < -0.39 is 6.61 Å². The predicted molar refractivity (Wildman–Crippen MR) is 67.8 cm³/mol. The standard InChI is InChI=1S/C13H16F2N2O3/c14-13(15)20-11-4-2-1-3-10(11)12(18)17-5-6-19-8-9(17)7-16/h1-4,9,13H,5-8,16H2. The minimum Gasteiger partial charge on any atom is -0.434 e. The van der Waals surface area contributed by atoms with Gasteiger partial charge in [0.1, 0.15) is 5.75 Å². The molecular formula is C13H16F2N2O3. The van der Waals surface area contributed by atoms with Crippen molar-refractivity contribution in [1.29, 1.82) is 0 Å². The van der Waals surface area contributed by atoms with Crippen molar-refractivity contribution in [2.75, 3.05) is 26.3 Å². The van der Waals surface area contributed by atoms with Crippen LogP contribution in [0.15, 0.2) is 24.3 Å². The third-order valence-corrected chi connectivity index (χ3v) is 3.09. The molecule has 1 amide bonds. The molecule has 1 unspecified atom stereocenters. The zero-order valence-corrected chi connectivity index (χ0v) is 10.8. The summed E-state index contributed by atoms with van der Waals surface area (Å²) < 4.78 is 34.4. The number of carbonyl (C=O) groups is 1. The lowest BCUT2D eigenvalue weighted by atomic mass is 10.1. The van der Waals surface area contributed by atoms with E-state index in [-0.39, 0.29) is 29.8 Å². The van der Waals surface area contributed by atoms with Crippen LogP contribution in [0.2, 0.25) is 0 Å². The molecule has 1 heterocycles. The molecule has 5 nitrogen and oxygen atoms in total. The fourth-order valence-corrected chi connectivity index (χ4v) is 2.11. The van der Waals surface area contributed by atoms with E-state index in [0.29, 0.717) is 19.8 Å². The Bertz CT molecular complexity index is 471. The van der Waals surface area contributed by atoms with Crippen molar-refractivity contribution in [2.45, 2.75) is 12.7 Å². The number of alkyl halides is 2. The van der Waals surface area contributed by atoms with Crippen molar-refractivity contribution >= 4 is 5.91 Å². The van der Waals surface area contributed by atoms with Gasteiger partial charge < -0.3 is 20.1 Å². The van der Waals surface area contributed by atoms with E-state index in [1.807, 2.05) is 0 Å². The van der Waals surface area contributed by atoms with Gasteiger partial charge in [-0.05, 0) is 12.1 Å². The Morgan fingerprint density at radius 3 is 2.95 bits per heavy atom. The van der Waals surface area contributed by atoms with Gasteiger partial charge in [0.25, 0.3) is 5.91 Å². The first-order chi connectivity index (χ1) is 9.63. The third kappa shape index (κ3) is 3.23. The lowest BCUT2D eigenvalue weighted by molar-refractivity contribution is -0.0506. The molecule has 1 aliphatic rings. The predicted octanol–water partition coefficient (Wildman–Crippen LogP) is 1.09. The van der Waals surface area contributed by atoms with Crippen molar-refractivity contribution in [3.63, 3.8) is 0 Å². The topological polar surface area (TPSA) is 64.8 Å². The van der Waals surface area contributed by atoms with Crippen LogP contribution in [0.4, 0.5) is 8.78 Å². The van der Waals surface area contributed by atoms with Gasteiger partial charge in [-0.15, -0.1) is 0 Å². The number of carbonyl (C=O) groups excluding carboxylic acids is 1.